The Morgan fingerprint density at radius 2 is 2.38 bits per heavy atom. The topological polar surface area (TPSA) is 108 Å². The minimum atomic E-state index is -0.327. The Hall–Kier alpha value is -2.03. The molecule has 8 nitrogen and oxygen atoms in total. The number of tetrazole rings is 1. The minimum Gasteiger partial charge on any atom is -0.380 e. The van der Waals surface area contributed by atoms with Gasteiger partial charge in [-0.25, -0.2) is 4.68 Å². The molecule has 1 aromatic carbocycles. The molecule has 0 saturated carbocycles. The van der Waals surface area contributed by atoms with E-state index in [9.17, 15) is 4.79 Å². The number of anilines is 1. The van der Waals surface area contributed by atoms with Crippen LogP contribution in [0.1, 0.15) is 6.42 Å². The van der Waals surface area contributed by atoms with Gasteiger partial charge in [0, 0.05) is 13.7 Å². The molecule has 112 valence electrons. The highest BCUT2D eigenvalue weighted by atomic mass is 35.5. The van der Waals surface area contributed by atoms with Gasteiger partial charge in [-0.1, -0.05) is 11.6 Å². The number of methoxy groups -OCH3 is 1. The predicted octanol–water partition coefficient (Wildman–Crippen LogP) is 0.618. The Kier molecular flexibility index (Phi) is 5.20. The molecular weight excluding hydrogens is 296 g/mol. The predicted molar refractivity (Wildman–Crippen MR) is 77.3 cm³/mol. The summed E-state index contributed by atoms with van der Waals surface area (Å²) in [4.78, 5) is 11.9. The van der Waals surface area contributed by atoms with E-state index in [0.717, 1.165) is 0 Å². The second-order valence-electron chi connectivity index (χ2n) is 4.26. The lowest BCUT2D eigenvalue weighted by Gasteiger charge is -2.13. The molecule has 2 rings (SSSR count). The maximum absolute atomic E-state index is 11.9. The van der Waals surface area contributed by atoms with Gasteiger partial charge in [0.25, 0.3) is 0 Å². The lowest BCUT2D eigenvalue weighted by atomic mass is 10.2. The van der Waals surface area contributed by atoms with Gasteiger partial charge in [-0.05, 0) is 28.6 Å². The Morgan fingerprint density at radius 1 is 1.57 bits per heavy atom. The number of carbonyl (C=O) groups is 1. The summed E-state index contributed by atoms with van der Waals surface area (Å²) in [5, 5.41) is 14.0. The zero-order valence-electron chi connectivity index (χ0n) is 11.4. The molecule has 21 heavy (non-hydrogen) atoms. The molecule has 0 aliphatic heterocycles. The Labute approximate surface area is 126 Å². The van der Waals surface area contributed by atoms with Crippen molar-refractivity contribution in [3.63, 3.8) is 0 Å². The Balaban J connectivity index is 2.12. The van der Waals surface area contributed by atoms with Crippen LogP contribution in [0.15, 0.2) is 24.5 Å². The van der Waals surface area contributed by atoms with Gasteiger partial charge in [0.2, 0.25) is 5.91 Å². The van der Waals surface area contributed by atoms with Crippen LogP contribution < -0.4 is 11.1 Å². The van der Waals surface area contributed by atoms with Gasteiger partial charge >= 0.3 is 0 Å². The first-order valence-corrected chi connectivity index (χ1v) is 6.57. The van der Waals surface area contributed by atoms with E-state index in [0.29, 0.717) is 16.4 Å². The number of hydrogen-bond donors (Lipinski definition) is 2. The lowest BCUT2D eigenvalue weighted by molar-refractivity contribution is -0.118. The second-order valence-corrected chi connectivity index (χ2v) is 4.67. The molecule has 0 radical (unpaired) electrons. The van der Waals surface area contributed by atoms with Crippen molar-refractivity contribution in [2.24, 2.45) is 5.73 Å². The number of nitrogens with zero attached hydrogens (tertiary/aromatic N) is 4. The molecular formula is C12H15ClN6O2. The number of aromatic nitrogens is 4. The van der Waals surface area contributed by atoms with Crippen molar-refractivity contribution >= 4 is 23.2 Å². The highest BCUT2D eigenvalue weighted by Crippen LogP contribution is 2.24. The van der Waals surface area contributed by atoms with Crippen LogP contribution in [-0.4, -0.2) is 45.9 Å². The van der Waals surface area contributed by atoms with Crippen LogP contribution in [0.25, 0.3) is 5.69 Å². The zero-order valence-corrected chi connectivity index (χ0v) is 12.1. The third-order valence-corrected chi connectivity index (χ3v) is 3.18. The fraction of sp³-hybridized carbons (Fsp3) is 0.333. The number of rotatable bonds is 6. The number of ether oxygens (including phenoxy) is 1. The summed E-state index contributed by atoms with van der Waals surface area (Å²) in [7, 11) is 1.51. The summed E-state index contributed by atoms with van der Waals surface area (Å²) in [6.45, 7) is 0.266. The molecule has 1 amide bonds. The molecule has 2 aromatic rings. The first-order valence-electron chi connectivity index (χ1n) is 6.19. The lowest BCUT2D eigenvalue weighted by Crippen LogP contribution is -2.28. The highest BCUT2D eigenvalue weighted by molar-refractivity contribution is 6.33. The van der Waals surface area contributed by atoms with Crippen molar-refractivity contribution in [1.82, 2.24) is 20.2 Å². The summed E-state index contributed by atoms with van der Waals surface area (Å²) in [6.07, 6.45) is 1.27. The summed E-state index contributed by atoms with van der Waals surface area (Å²) < 4.78 is 6.53. The highest BCUT2D eigenvalue weighted by Gasteiger charge is 2.13. The number of nitrogens with one attached hydrogen (secondary N) is 1. The number of halogens is 1. The van der Waals surface area contributed by atoms with Crippen molar-refractivity contribution in [3.8, 4) is 5.69 Å². The van der Waals surface area contributed by atoms with E-state index in [1.165, 1.54) is 18.1 Å². The van der Waals surface area contributed by atoms with Gasteiger partial charge in [-0.3, -0.25) is 4.79 Å². The van der Waals surface area contributed by atoms with Crippen LogP contribution in [0.4, 0.5) is 5.69 Å². The molecule has 0 aliphatic carbocycles. The van der Waals surface area contributed by atoms with E-state index in [-0.39, 0.29) is 25.0 Å². The average molecular weight is 311 g/mol. The van der Waals surface area contributed by atoms with Crippen molar-refractivity contribution in [2.45, 2.75) is 12.5 Å². The normalized spacial score (nSPS) is 12.1. The smallest absolute Gasteiger partial charge is 0.227 e. The maximum Gasteiger partial charge on any atom is 0.227 e. The standard InChI is InChI=1S/C12H15ClN6O2/c1-21-9(6-14)5-12(20)16-11-4-8(2-3-10(11)13)19-7-15-17-18-19/h2-4,7,9H,5-6,14H2,1H3,(H,16,20). The first-order chi connectivity index (χ1) is 10.1. The average Bonchev–Trinajstić information content (AvgIpc) is 3.01. The number of nitrogens with two attached hydrogens (primary N) is 1. The molecule has 1 atom stereocenters. The molecule has 9 heteroatoms. The number of hydrogen-bond acceptors (Lipinski definition) is 6. The van der Waals surface area contributed by atoms with Crippen LogP contribution in [0.3, 0.4) is 0 Å². The molecule has 3 N–H and O–H groups in total. The van der Waals surface area contributed by atoms with E-state index >= 15 is 0 Å². The Bertz CT molecular complexity index is 600. The van der Waals surface area contributed by atoms with E-state index < -0.39 is 0 Å². The van der Waals surface area contributed by atoms with Gasteiger partial charge in [0.1, 0.15) is 6.33 Å². The molecule has 1 aromatic heterocycles. The van der Waals surface area contributed by atoms with Gasteiger partial charge in [0.05, 0.1) is 28.9 Å². The fourth-order valence-corrected chi connectivity index (χ4v) is 1.87. The molecule has 1 heterocycles. The second kappa shape index (κ2) is 7.11. The van der Waals surface area contributed by atoms with Crippen LogP contribution in [0.2, 0.25) is 5.02 Å². The largest absolute Gasteiger partial charge is 0.380 e. The fourth-order valence-electron chi connectivity index (χ4n) is 1.70. The van der Waals surface area contributed by atoms with Crippen LogP contribution >= 0.6 is 11.6 Å². The Morgan fingerprint density at radius 3 is 3.00 bits per heavy atom. The number of amides is 1. The molecule has 0 bridgehead atoms. The van der Waals surface area contributed by atoms with Gasteiger partial charge in [0.15, 0.2) is 0 Å². The summed E-state index contributed by atoms with van der Waals surface area (Å²) in [5.74, 6) is -0.233. The van der Waals surface area contributed by atoms with Crippen molar-refractivity contribution < 1.29 is 9.53 Å². The zero-order chi connectivity index (χ0) is 15.2. The summed E-state index contributed by atoms with van der Waals surface area (Å²) in [6, 6.07) is 5.08. The van der Waals surface area contributed by atoms with E-state index in [2.05, 4.69) is 20.8 Å². The minimum absolute atomic E-state index is 0.151. The van der Waals surface area contributed by atoms with Crippen molar-refractivity contribution in [2.75, 3.05) is 19.0 Å². The SMILES string of the molecule is COC(CN)CC(=O)Nc1cc(-n2cnnn2)ccc1Cl. The van der Waals surface area contributed by atoms with Crippen LogP contribution in [0.5, 0.6) is 0 Å². The van der Waals surface area contributed by atoms with Crippen LogP contribution in [0, 0.1) is 0 Å². The summed E-state index contributed by atoms with van der Waals surface area (Å²) in [5.41, 5.74) is 6.64. The van der Waals surface area contributed by atoms with Gasteiger partial charge in [-0.15, -0.1) is 5.10 Å². The molecule has 0 spiro atoms. The molecule has 0 aliphatic rings. The van der Waals surface area contributed by atoms with Gasteiger partial charge in [-0.2, -0.15) is 0 Å². The molecule has 1 unspecified atom stereocenters. The van der Waals surface area contributed by atoms with Gasteiger partial charge < -0.3 is 15.8 Å². The van der Waals surface area contributed by atoms with Crippen molar-refractivity contribution in [1.29, 1.82) is 0 Å². The number of benzene rings is 1. The van der Waals surface area contributed by atoms with Crippen molar-refractivity contribution in [3.05, 3.63) is 29.5 Å². The third kappa shape index (κ3) is 3.97. The summed E-state index contributed by atoms with van der Waals surface area (Å²) >= 11 is 6.07. The van der Waals surface area contributed by atoms with E-state index in [1.807, 2.05) is 0 Å². The quantitative estimate of drug-likeness (QED) is 0.809. The molecule has 0 fully saturated rings. The molecule has 0 saturated heterocycles. The van der Waals surface area contributed by atoms with Crippen LogP contribution in [-0.2, 0) is 9.53 Å². The maximum atomic E-state index is 11.9. The third-order valence-electron chi connectivity index (χ3n) is 2.85. The monoisotopic (exact) mass is 310 g/mol. The van der Waals surface area contributed by atoms with E-state index in [4.69, 9.17) is 22.1 Å². The van der Waals surface area contributed by atoms with E-state index in [1.54, 1.807) is 18.2 Å². The first kappa shape index (κ1) is 15.4. The number of carbonyl (C=O) groups excluding carboxylic acids is 1.